The second kappa shape index (κ2) is 5.13. The van der Waals surface area contributed by atoms with E-state index in [1.54, 1.807) is 0 Å². The molecule has 1 aliphatic heterocycles. The molecule has 0 spiro atoms. The molecule has 0 atom stereocenters. The lowest BCUT2D eigenvalue weighted by atomic mass is 10.4. The van der Waals surface area contributed by atoms with Crippen LogP contribution in [0.1, 0.15) is 24.4 Å². The quantitative estimate of drug-likeness (QED) is 0.804. The number of nitrogens with zero attached hydrogens (tertiary/aromatic N) is 5. The molecule has 19 heavy (non-hydrogen) atoms. The Hall–Kier alpha value is -1.07. The molecule has 0 unspecified atom stereocenters. The highest BCUT2D eigenvalue weighted by atomic mass is 35.5. The summed E-state index contributed by atoms with van der Waals surface area (Å²) in [5, 5.41) is 4.44. The smallest absolute Gasteiger partial charge is 0.158 e. The monoisotopic (exact) mass is 281 g/mol. The predicted octanol–water partition coefficient (Wildman–Crippen LogP) is 1.91. The number of fused-ring (bicyclic) bond motifs is 1. The third kappa shape index (κ3) is 2.25. The van der Waals surface area contributed by atoms with Crippen LogP contribution in [0.2, 0.25) is 0 Å². The van der Waals surface area contributed by atoms with Crippen molar-refractivity contribution in [1.29, 1.82) is 0 Å². The van der Waals surface area contributed by atoms with Crippen LogP contribution in [0, 0.1) is 6.92 Å². The highest BCUT2D eigenvalue weighted by molar-refractivity contribution is 6.16. The fourth-order valence-electron chi connectivity index (χ4n) is 2.96. The fourth-order valence-corrected chi connectivity index (χ4v) is 3.17. The first-order valence-electron chi connectivity index (χ1n) is 6.87. The molecule has 2 aromatic heterocycles. The van der Waals surface area contributed by atoms with Gasteiger partial charge in [-0.3, -0.25) is 4.68 Å². The Labute approximate surface area is 118 Å². The van der Waals surface area contributed by atoms with Crippen molar-refractivity contribution in [1.82, 2.24) is 24.2 Å². The molecule has 0 bridgehead atoms. The average molecular weight is 282 g/mol. The molecule has 104 valence electrons. The largest absolute Gasteiger partial charge is 0.311 e. The number of hydrogen-bond donors (Lipinski definition) is 0. The van der Waals surface area contributed by atoms with Crippen molar-refractivity contribution >= 4 is 22.8 Å². The zero-order chi connectivity index (χ0) is 13.4. The van der Waals surface area contributed by atoms with Gasteiger partial charge in [0.25, 0.3) is 0 Å². The second-order valence-corrected chi connectivity index (χ2v) is 5.51. The summed E-state index contributed by atoms with van der Waals surface area (Å²) in [5.74, 6) is 1.40. The third-order valence-corrected chi connectivity index (χ3v) is 4.17. The van der Waals surface area contributed by atoms with Gasteiger partial charge in [-0.1, -0.05) is 0 Å². The summed E-state index contributed by atoms with van der Waals surface area (Å²) in [5.41, 5.74) is 3.05. The molecular formula is C13H20ClN5. The minimum absolute atomic E-state index is 0.453. The molecule has 0 aromatic carbocycles. The fraction of sp³-hybridized carbons (Fsp3) is 0.692. The van der Waals surface area contributed by atoms with E-state index in [-0.39, 0.29) is 0 Å². The van der Waals surface area contributed by atoms with E-state index in [2.05, 4.69) is 19.5 Å². The van der Waals surface area contributed by atoms with Gasteiger partial charge in [0.15, 0.2) is 5.65 Å². The second-order valence-electron chi connectivity index (χ2n) is 5.24. The number of rotatable bonds is 4. The van der Waals surface area contributed by atoms with Gasteiger partial charge in [0.1, 0.15) is 11.3 Å². The topological polar surface area (TPSA) is 38.9 Å². The minimum atomic E-state index is 0.453. The Morgan fingerprint density at radius 3 is 2.63 bits per heavy atom. The van der Waals surface area contributed by atoms with Crippen molar-refractivity contribution < 1.29 is 0 Å². The number of aromatic nitrogens is 4. The number of alkyl halides is 1. The summed E-state index contributed by atoms with van der Waals surface area (Å²) >= 11 is 6.03. The van der Waals surface area contributed by atoms with E-state index >= 15 is 0 Å². The standard InChI is InChI=1S/C13H20ClN5/c1-10-12-13(17(2)16-10)19(11(9-14)15-12)8-7-18-5-3-4-6-18/h3-9H2,1-2H3. The minimum Gasteiger partial charge on any atom is -0.311 e. The Morgan fingerprint density at radius 1 is 1.21 bits per heavy atom. The van der Waals surface area contributed by atoms with Crippen molar-refractivity contribution in [3.8, 4) is 0 Å². The highest BCUT2D eigenvalue weighted by Gasteiger charge is 2.18. The molecule has 3 heterocycles. The summed E-state index contributed by atoms with van der Waals surface area (Å²) in [6, 6.07) is 0. The van der Waals surface area contributed by atoms with Gasteiger partial charge in [0.05, 0.1) is 11.6 Å². The molecule has 2 aromatic rings. The lowest BCUT2D eigenvalue weighted by Crippen LogP contribution is -2.25. The third-order valence-electron chi connectivity index (χ3n) is 3.93. The van der Waals surface area contributed by atoms with Gasteiger partial charge in [0.2, 0.25) is 0 Å². The number of hydrogen-bond acceptors (Lipinski definition) is 3. The van der Waals surface area contributed by atoms with Gasteiger partial charge in [-0.05, 0) is 32.9 Å². The highest BCUT2D eigenvalue weighted by Crippen LogP contribution is 2.20. The summed E-state index contributed by atoms with van der Waals surface area (Å²) in [4.78, 5) is 7.13. The number of aryl methyl sites for hydroxylation is 2. The zero-order valence-electron chi connectivity index (χ0n) is 11.6. The van der Waals surface area contributed by atoms with E-state index in [4.69, 9.17) is 11.6 Å². The van der Waals surface area contributed by atoms with Crippen LogP contribution < -0.4 is 0 Å². The lowest BCUT2D eigenvalue weighted by molar-refractivity contribution is 0.322. The number of imidazole rings is 1. The molecule has 3 rings (SSSR count). The molecule has 0 N–H and O–H groups in total. The lowest BCUT2D eigenvalue weighted by Gasteiger charge is -2.16. The van der Waals surface area contributed by atoms with Crippen molar-refractivity contribution in [3.05, 3.63) is 11.5 Å². The maximum absolute atomic E-state index is 6.03. The molecule has 6 heteroatoms. The maximum atomic E-state index is 6.03. The van der Waals surface area contributed by atoms with Gasteiger partial charge < -0.3 is 9.47 Å². The van der Waals surface area contributed by atoms with Gasteiger partial charge in [0, 0.05) is 20.1 Å². The van der Waals surface area contributed by atoms with E-state index in [0.29, 0.717) is 5.88 Å². The van der Waals surface area contributed by atoms with Gasteiger partial charge in [-0.25, -0.2) is 4.98 Å². The van der Waals surface area contributed by atoms with E-state index in [1.165, 1.54) is 25.9 Å². The Bertz CT molecular complexity index is 579. The van der Waals surface area contributed by atoms with Gasteiger partial charge in [-0.2, -0.15) is 5.10 Å². The molecular weight excluding hydrogens is 262 g/mol. The number of halogens is 1. The summed E-state index contributed by atoms with van der Waals surface area (Å²) in [7, 11) is 1.97. The first-order chi connectivity index (χ1) is 9.20. The maximum Gasteiger partial charge on any atom is 0.158 e. The van der Waals surface area contributed by atoms with E-state index < -0.39 is 0 Å². The first-order valence-corrected chi connectivity index (χ1v) is 7.41. The molecule has 5 nitrogen and oxygen atoms in total. The normalized spacial score (nSPS) is 16.8. The van der Waals surface area contributed by atoms with Crippen LogP contribution in [-0.2, 0) is 19.5 Å². The van der Waals surface area contributed by atoms with E-state index in [1.807, 2.05) is 18.7 Å². The molecule has 1 saturated heterocycles. The molecule has 0 saturated carbocycles. The van der Waals surface area contributed by atoms with Crippen molar-refractivity contribution in [2.45, 2.75) is 32.2 Å². The Morgan fingerprint density at radius 2 is 1.95 bits per heavy atom. The van der Waals surface area contributed by atoms with Crippen molar-refractivity contribution in [2.24, 2.45) is 7.05 Å². The Balaban J connectivity index is 1.91. The van der Waals surface area contributed by atoms with Crippen LogP contribution in [0.4, 0.5) is 0 Å². The van der Waals surface area contributed by atoms with Crippen LogP contribution in [0.15, 0.2) is 0 Å². The summed E-state index contributed by atoms with van der Waals surface area (Å²) in [6.45, 7) is 6.45. The zero-order valence-corrected chi connectivity index (χ0v) is 12.3. The van der Waals surface area contributed by atoms with Gasteiger partial charge >= 0.3 is 0 Å². The SMILES string of the molecule is Cc1nn(C)c2c1nc(CCl)n2CCN1CCCC1. The first kappa shape index (κ1) is 12.9. The van der Waals surface area contributed by atoms with E-state index in [0.717, 1.165) is 35.8 Å². The molecule has 1 fully saturated rings. The van der Waals surface area contributed by atoms with Crippen LogP contribution in [0.3, 0.4) is 0 Å². The Kier molecular flexibility index (Phi) is 3.50. The molecule has 0 amide bonds. The van der Waals surface area contributed by atoms with E-state index in [9.17, 15) is 0 Å². The van der Waals surface area contributed by atoms with Crippen molar-refractivity contribution in [3.63, 3.8) is 0 Å². The van der Waals surface area contributed by atoms with Crippen LogP contribution >= 0.6 is 11.6 Å². The predicted molar refractivity (Wildman–Crippen MR) is 76.5 cm³/mol. The molecule has 1 aliphatic rings. The molecule has 0 aliphatic carbocycles. The van der Waals surface area contributed by atoms with Crippen LogP contribution in [-0.4, -0.2) is 43.9 Å². The van der Waals surface area contributed by atoms with Gasteiger partial charge in [-0.15, -0.1) is 11.6 Å². The summed E-state index contributed by atoms with van der Waals surface area (Å²) < 4.78 is 4.14. The average Bonchev–Trinajstić information content (AvgIpc) is 3.07. The van der Waals surface area contributed by atoms with Crippen molar-refractivity contribution in [2.75, 3.05) is 19.6 Å². The molecule has 0 radical (unpaired) electrons. The number of likely N-dealkylation sites (tertiary alicyclic amines) is 1. The van der Waals surface area contributed by atoms with Crippen LogP contribution in [0.5, 0.6) is 0 Å². The summed E-state index contributed by atoms with van der Waals surface area (Å²) in [6.07, 6.45) is 2.65. The van der Waals surface area contributed by atoms with Crippen LogP contribution in [0.25, 0.3) is 11.2 Å².